The lowest BCUT2D eigenvalue weighted by atomic mass is 10.1. The van der Waals surface area contributed by atoms with Crippen LogP contribution in [-0.4, -0.2) is 28.6 Å². The van der Waals surface area contributed by atoms with Crippen LogP contribution in [0.3, 0.4) is 0 Å². The number of rotatable bonds is 6. The van der Waals surface area contributed by atoms with Crippen molar-refractivity contribution in [3.63, 3.8) is 0 Å². The van der Waals surface area contributed by atoms with Gasteiger partial charge in [-0.25, -0.2) is 4.98 Å². The van der Waals surface area contributed by atoms with Crippen LogP contribution in [0.15, 0.2) is 49.1 Å². The second kappa shape index (κ2) is 7.38. The summed E-state index contributed by atoms with van der Waals surface area (Å²) >= 11 is 0. The number of nitrogens with zero attached hydrogens (tertiary/aromatic N) is 2. The first kappa shape index (κ1) is 14.3. The minimum atomic E-state index is -0.0593. The van der Waals surface area contributed by atoms with E-state index in [0.717, 1.165) is 32.2 Å². The summed E-state index contributed by atoms with van der Waals surface area (Å²) in [5, 5.41) is 0. The van der Waals surface area contributed by atoms with Gasteiger partial charge in [0, 0.05) is 18.9 Å². The quantitative estimate of drug-likeness (QED) is 0.819. The lowest BCUT2D eigenvalue weighted by Gasteiger charge is -2.30. The Balaban J connectivity index is 1.41. The number of benzene rings is 1. The van der Waals surface area contributed by atoms with E-state index in [9.17, 15) is 0 Å². The van der Waals surface area contributed by atoms with E-state index in [2.05, 4.69) is 33.8 Å². The first-order valence-corrected chi connectivity index (χ1v) is 7.67. The van der Waals surface area contributed by atoms with Crippen LogP contribution in [0.25, 0.3) is 0 Å². The Morgan fingerprint density at radius 2 is 2.14 bits per heavy atom. The molecule has 1 saturated heterocycles. The zero-order valence-electron chi connectivity index (χ0n) is 12.2. The van der Waals surface area contributed by atoms with E-state index in [0.29, 0.717) is 6.61 Å². The van der Waals surface area contributed by atoms with Crippen LogP contribution in [0.2, 0.25) is 0 Å². The molecule has 2 atom stereocenters. The van der Waals surface area contributed by atoms with Gasteiger partial charge in [0.2, 0.25) is 0 Å². The number of ether oxygens (including phenoxy) is 2. The van der Waals surface area contributed by atoms with Crippen molar-refractivity contribution in [3.05, 3.63) is 54.6 Å². The van der Waals surface area contributed by atoms with Crippen LogP contribution in [0.5, 0.6) is 0 Å². The van der Waals surface area contributed by atoms with E-state index in [1.54, 1.807) is 6.20 Å². The minimum absolute atomic E-state index is 0.0593. The van der Waals surface area contributed by atoms with E-state index in [-0.39, 0.29) is 12.4 Å². The van der Waals surface area contributed by atoms with Crippen LogP contribution < -0.4 is 0 Å². The van der Waals surface area contributed by atoms with Crippen molar-refractivity contribution < 1.29 is 9.47 Å². The van der Waals surface area contributed by atoms with E-state index in [1.165, 1.54) is 5.56 Å². The monoisotopic (exact) mass is 286 g/mol. The molecule has 1 aliphatic rings. The Morgan fingerprint density at radius 3 is 2.95 bits per heavy atom. The van der Waals surface area contributed by atoms with Gasteiger partial charge in [-0.1, -0.05) is 30.3 Å². The Labute approximate surface area is 125 Å². The highest BCUT2D eigenvalue weighted by Crippen LogP contribution is 2.21. The molecule has 1 aromatic carbocycles. The zero-order valence-corrected chi connectivity index (χ0v) is 12.2. The first-order valence-electron chi connectivity index (χ1n) is 7.67. The molecule has 112 valence electrons. The highest BCUT2D eigenvalue weighted by atomic mass is 16.7. The molecule has 4 nitrogen and oxygen atoms in total. The summed E-state index contributed by atoms with van der Waals surface area (Å²) in [5.41, 5.74) is 1.31. The third-order valence-electron chi connectivity index (χ3n) is 3.82. The van der Waals surface area contributed by atoms with Crippen molar-refractivity contribution in [2.75, 3.05) is 6.61 Å². The predicted octanol–water partition coefficient (Wildman–Crippen LogP) is 3.04. The highest BCUT2D eigenvalue weighted by molar-refractivity contribution is 5.14. The van der Waals surface area contributed by atoms with Gasteiger partial charge >= 0.3 is 0 Å². The van der Waals surface area contributed by atoms with E-state index in [4.69, 9.17) is 9.47 Å². The van der Waals surface area contributed by atoms with Gasteiger partial charge in [-0.05, 0) is 31.2 Å². The third kappa shape index (κ3) is 4.41. The molecule has 0 spiro atoms. The summed E-state index contributed by atoms with van der Waals surface area (Å²) in [6.45, 7) is 1.57. The van der Waals surface area contributed by atoms with Crippen molar-refractivity contribution in [1.82, 2.24) is 9.55 Å². The fourth-order valence-corrected chi connectivity index (χ4v) is 2.70. The first-order chi connectivity index (χ1) is 10.4. The molecule has 1 aliphatic heterocycles. The topological polar surface area (TPSA) is 36.3 Å². The molecule has 0 N–H and O–H groups in total. The van der Waals surface area contributed by atoms with Crippen LogP contribution in [-0.2, 0) is 22.4 Å². The average Bonchev–Trinajstić information content (AvgIpc) is 3.02. The van der Waals surface area contributed by atoms with Crippen molar-refractivity contribution in [2.45, 2.75) is 44.6 Å². The third-order valence-corrected chi connectivity index (χ3v) is 3.82. The van der Waals surface area contributed by atoms with Gasteiger partial charge in [0.25, 0.3) is 0 Å². The minimum Gasteiger partial charge on any atom is -0.352 e. The van der Waals surface area contributed by atoms with Gasteiger partial charge in [-0.2, -0.15) is 0 Å². The van der Waals surface area contributed by atoms with Crippen molar-refractivity contribution >= 4 is 0 Å². The molecule has 2 heterocycles. The van der Waals surface area contributed by atoms with E-state index >= 15 is 0 Å². The molecule has 2 aromatic rings. The van der Waals surface area contributed by atoms with Gasteiger partial charge in [-0.15, -0.1) is 0 Å². The van der Waals surface area contributed by atoms with Gasteiger partial charge in [0.05, 0.1) is 19.0 Å². The normalized spacial score (nSPS) is 22.3. The van der Waals surface area contributed by atoms with Crippen LogP contribution in [0.4, 0.5) is 0 Å². The number of hydrogen-bond acceptors (Lipinski definition) is 3. The zero-order chi connectivity index (χ0) is 14.3. The Morgan fingerprint density at radius 1 is 1.24 bits per heavy atom. The maximum absolute atomic E-state index is 6.03. The number of hydrogen-bond donors (Lipinski definition) is 0. The highest BCUT2D eigenvalue weighted by Gasteiger charge is 2.22. The molecule has 3 rings (SSSR count). The molecular formula is C17H22N2O2. The van der Waals surface area contributed by atoms with Crippen LogP contribution >= 0.6 is 0 Å². The molecule has 0 saturated carbocycles. The van der Waals surface area contributed by atoms with Crippen molar-refractivity contribution in [2.24, 2.45) is 0 Å². The maximum atomic E-state index is 6.03. The molecule has 0 aliphatic carbocycles. The Hall–Kier alpha value is -1.65. The Bertz CT molecular complexity index is 513. The molecule has 1 fully saturated rings. The lowest BCUT2D eigenvalue weighted by Crippen LogP contribution is -2.32. The summed E-state index contributed by atoms with van der Waals surface area (Å²) in [6.07, 6.45) is 9.97. The Kier molecular flexibility index (Phi) is 5.03. The summed E-state index contributed by atoms with van der Waals surface area (Å²) < 4.78 is 14.0. The molecular weight excluding hydrogens is 264 g/mol. The average molecular weight is 286 g/mol. The summed E-state index contributed by atoms with van der Waals surface area (Å²) in [6, 6.07) is 10.4. The molecule has 0 bridgehead atoms. The molecule has 1 aromatic heterocycles. The van der Waals surface area contributed by atoms with Gasteiger partial charge in [0.15, 0.2) is 6.29 Å². The molecule has 0 radical (unpaired) electrons. The smallest absolute Gasteiger partial charge is 0.158 e. The predicted molar refractivity (Wildman–Crippen MR) is 80.8 cm³/mol. The number of aromatic nitrogens is 2. The second-order valence-electron chi connectivity index (χ2n) is 5.48. The molecule has 4 heteroatoms. The molecule has 0 amide bonds. The summed E-state index contributed by atoms with van der Waals surface area (Å²) in [5.74, 6) is 0. The van der Waals surface area contributed by atoms with Crippen LogP contribution in [0, 0.1) is 0 Å². The summed E-state index contributed by atoms with van der Waals surface area (Å²) in [4.78, 5) is 4.07. The standard InChI is InChI=1S/C17H22N2O2/c1-2-5-15(6-3-1)9-12-20-17-8-4-7-16(21-17)13-19-11-10-18-14-19/h1-3,5-6,10-11,14,16-17H,4,7-9,12-13H2. The molecule has 2 unspecified atom stereocenters. The fraction of sp³-hybridized carbons (Fsp3) is 0.471. The second-order valence-corrected chi connectivity index (χ2v) is 5.48. The number of imidazole rings is 1. The van der Waals surface area contributed by atoms with Crippen molar-refractivity contribution in [1.29, 1.82) is 0 Å². The van der Waals surface area contributed by atoms with Gasteiger partial charge < -0.3 is 14.0 Å². The summed E-state index contributed by atoms with van der Waals surface area (Å²) in [7, 11) is 0. The van der Waals surface area contributed by atoms with E-state index in [1.807, 2.05) is 18.6 Å². The van der Waals surface area contributed by atoms with Gasteiger partial charge in [-0.3, -0.25) is 0 Å². The molecule has 21 heavy (non-hydrogen) atoms. The van der Waals surface area contributed by atoms with Crippen LogP contribution in [0.1, 0.15) is 24.8 Å². The van der Waals surface area contributed by atoms with Gasteiger partial charge in [0.1, 0.15) is 0 Å². The maximum Gasteiger partial charge on any atom is 0.158 e. The largest absolute Gasteiger partial charge is 0.352 e. The fourth-order valence-electron chi connectivity index (χ4n) is 2.70. The van der Waals surface area contributed by atoms with E-state index < -0.39 is 0 Å². The SMILES string of the molecule is c1ccc(CCOC2CCCC(Cn3ccnc3)O2)cc1. The van der Waals surface area contributed by atoms with Crippen molar-refractivity contribution in [3.8, 4) is 0 Å². The lowest BCUT2D eigenvalue weighted by molar-refractivity contribution is -0.195.